The number of benzene rings is 1. The summed E-state index contributed by atoms with van der Waals surface area (Å²) >= 11 is 0. The molecule has 0 heterocycles. The average Bonchev–Trinajstić information content (AvgIpc) is 2.30. The van der Waals surface area contributed by atoms with Crippen LogP contribution in [0.3, 0.4) is 0 Å². The van der Waals surface area contributed by atoms with Crippen molar-refractivity contribution < 1.29 is 18.7 Å². The van der Waals surface area contributed by atoms with Gasteiger partial charge in [0.05, 0.1) is 13.5 Å². The van der Waals surface area contributed by atoms with Gasteiger partial charge in [0.15, 0.2) is 11.6 Å². The first kappa shape index (κ1) is 12.9. The Morgan fingerprint density at radius 2 is 2.17 bits per heavy atom. The molecule has 1 aromatic rings. The Kier molecular flexibility index (Phi) is 3.55. The van der Waals surface area contributed by atoms with E-state index in [1.54, 1.807) is 12.1 Å². The summed E-state index contributed by atoms with van der Waals surface area (Å²) in [6.07, 6.45) is 2.69. The van der Waals surface area contributed by atoms with Gasteiger partial charge in [-0.15, -0.1) is 0 Å². The molecular weight excluding hydrogens is 235 g/mol. The summed E-state index contributed by atoms with van der Waals surface area (Å²) in [5.74, 6) is -0.488. The number of esters is 1. The largest absolute Gasteiger partial charge is 0.484 e. The van der Waals surface area contributed by atoms with Gasteiger partial charge in [0.25, 0.3) is 0 Å². The fourth-order valence-corrected chi connectivity index (χ4v) is 2.14. The van der Waals surface area contributed by atoms with E-state index < -0.39 is 11.4 Å². The molecule has 0 aromatic heterocycles. The first-order valence-electron chi connectivity index (χ1n) is 6.07. The first-order valence-corrected chi connectivity index (χ1v) is 6.07. The van der Waals surface area contributed by atoms with Crippen molar-refractivity contribution in [2.45, 2.75) is 38.2 Å². The van der Waals surface area contributed by atoms with Gasteiger partial charge < -0.3 is 9.47 Å². The Hall–Kier alpha value is -1.58. The van der Waals surface area contributed by atoms with Crippen molar-refractivity contribution >= 4 is 5.97 Å². The van der Waals surface area contributed by atoms with Crippen LogP contribution in [0.25, 0.3) is 0 Å². The highest BCUT2D eigenvalue weighted by molar-refractivity contribution is 5.70. The summed E-state index contributed by atoms with van der Waals surface area (Å²) in [5.41, 5.74) is 0.348. The molecule has 0 N–H and O–H groups in total. The zero-order chi connectivity index (χ0) is 13.2. The van der Waals surface area contributed by atoms with E-state index in [1.807, 2.05) is 6.92 Å². The molecule has 0 saturated heterocycles. The molecule has 18 heavy (non-hydrogen) atoms. The molecule has 98 valence electrons. The zero-order valence-electron chi connectivity index (χ0n) is 10.7. The van der Waals surface area contributed by atoms with E-state index in [1.165, 1.54) is 13.2 Å². The van der Waals surface area contributed by atoms with Gasteiger partial charge >= 0.3 is 5.97 Å². The second-order valence-corrected chi connectivity index (χ2v) is 4.83. The Labute approximate surface area is 106 Å². The molecule has 0 amide bonds. The summed E-state index contributed by atoms with van der Waals surface area (Å²) in [7, 11) is 1.35. The molecule has 0 radical (unpaired) electrons. The van der Waals surface area contributed by atoms with Crippen LogP contribution in [0, 0.1) is 12.7 Å². The van der Waals surface area contributed by atoms with E-state index in [4.69, 9.17) is 4.74 Å². The molecule has 0 spiro atoms. The second kappa shape index (κ2) is 4.96. The lowest BCUT2D eigenvalue weighted by atomic mass is 9.77. The van der Waals surface area contributed by atoms with E-state index >= 15 is 0 Å². The molecule has 0 aliphatic heterocycles. The monoisotopic (exact) mass is 252 g/mol. The van der Waals surface area contributed by atoms with Gasteiger partial charge in [0.1, 0.15) is 5.60 Å². The minimum absolute atomic E-state index is 0.177. The lowest BCUT2D eigenvalue weighted by Gasteiger charge is -2.41. The third-order valence-electron chi connectivity index (χ3n) is 3.37. The van der Waals surface area contributed by atoms with Gasteiger partial charge in [0.2, 0.25) is 0 Å². The van der Waals surface area contributed by atoms with Gasteiger partial charge in [-0.1, -0.05) is 6.07 Å². The topological polar surface area (TPSA) is 35.5 Å². The number of aryl methyl sites for hydroxylation is 1. The quantitative estimate of drug-likeness (QED) is 0.773. The summed E-state index contributed by atoms with van der Waals surface area (Å²) < 4.78 is 24.0. The normalized spacial score (nSPS) is 16.8. The van der Waals surface area contributed by atoms with Crippen molar-refractivity contribution in [1.82, 2.24) is 0 Å². The van der Waals surface area contributed by atoms with Crippen LogP contribution in [0.5, 0.6) is 5.75 Å². The van der Waals surface area contributed by atoms with Crippen LogP contribution in [0.2, 0.25) is 0 Å². The maximum atomic E-state index is 13.6. The summed E-state index contributed by atoms with van der Waals surface area (Å²) in [6.45, 7) is 1.88. The minimum Gasteiger partial charge on any atom is -0.484 e. The standard InChI is InChI=1S/C14H17FO3/c1-10-4-5-11(15)12(8-10)18-14(6-3-7-14)9-13(16)17-2/h4-5,8H,3,6-7,9H2,1-2H3. The van der Waals surface area contributed by atoms with Gasteiger partial charge in [0, 0.05) is 0 Å². The zero-order valence-corrected chi connectivity index (χ0v) is 10.7. The molecule has 0 unspecified atom stereocenters. The predicted octanol–water partition coefficient (Wildman–Crippen LogP) is 3.00. The van der Waals surface area contributed by atoms with Crippen LogP contribution in [0.1, 0.15) is 31.2 Å². The van der Waals surface area contributed by atoms with Crippen LogP contribution < -0.4 is 4.74 Å². The van der Waals surface area contributed by atoms with Crippen LogP contribution in [0.15, 0.2) is 18.2 Å². The van der Waals surface area contributed by atoms with Gasteiger partial charge in [-0.25, -0.2) is 4.39 Å². The highest BCUT2D eigenvalue weighted by Gasteiger charge is 2.42. The molecule has 1 aliphatic carbocycles. The Morgan fingerprint density at radius 1 is 1.44 bits per heavy atom. The lowest BCUT2D eigenvalue weighted by molar-refractivity contribution is -0.148. The molecule has 1 aliphatic rings. The van der Waals surface area contributed by atoms with Crippen LogP contribution >= 0.6 is 0 Å². The van der Waals surface area contributed by atoms with Crippen LogP contribution in [-0.2, 0) is 9.53 Å². The number of methoxy groups -OCH3 is 1. The molecule has 3 nitrogen and oxygen atoms in total. The third-order valence-corrected chi connectivity index (χ3v) is 3.37. The number of halogens is 1. The number of hydrogen-bond donors (Lipinski definition) is 0. The molecule has 0 bridgehead atoms. The Bertz CT molecular complexity index is 452. The molecule has 1 fully saturated rings. The molecule has 1 aromatic carbocycles. The third kappa shape index (κ3) is 2.63. The number of rotatable bonds is 4. The maximum Gasteiger partial charge on any atom is 0.309 e. The van der Waals surface area contributed by atoms with Crippen LogP contribution in [-0.4, -0.2) is 18.7 Å². The first-order chi connectivity index (χ1) is 8.54. The number of hydrogen-bond acceptors (Lipinski definition) is 3. The Morgan fingerprint density at radius 3 is 2.72 bits per heavy atom. The van der Waals surface area contributed by atoms with E-state index in [0.29, 0.717) is 0 Å². The minimum atomic E-state index is -0.582. The highest BCUT2D eigenvalue weighted by atomic mass is 19.1. The maximum absolute atomic E-state index is 13.6. The molecule has 4 heteroatoms. The van der Waals surface area contributed by atoms with Crippen molar-refractivity contribution in [2.24, 2.45) is 0 Å². The molecule has 2 rings (SSSR count). The molecule has 1 saturated carbocycles. The molecule has 0 atom stereocenters. The van der Waals surface area contributed by atoms with E-state index in [9.17, 15) is 9.18 Å². The van der Waals surface area contributed by atoms with Gasteiger partial charge in [-0.3, -0.25) is 4.79 Å². The summed E-state index contributed by atoms with van der Waals surface area (Å²) in [6, 6.07) is 4.73. The van der Waals surface area contributed by atoms with Crippen molar-refractivity contribution in [3.63, 3.8) is 0 Å². The van der Waals surface area contributed by atoms with Gasteiger partial charge in [-0.05, 0) is 43.9 Å². The summed E-state index contributed by atoms with van der Waals surface area (Å²) in [5, 5.41) is 0. The van der Waals surface area contributed by atoms with Crippen LogP contribution in [0.4, 0.5) is 4.39 Å². The van der Waals surface area contributed by atoms with E-state index in [-0.39, 0.29) is 18.1 Å². The van der Waals surface area contributed by atoms with Crippen molar-refractivity contribution in [3.05, 3.63) is 29.6 Å². The fourth-order valence-electron chi connectivity index (χ4n) is 2.14. The van der Waals surface area contributed by atoms with Crippen molar-refractivity contribution in [2.75, 3.05) is 7.11 Å². The molecular formula is C14H17FO3. The fraction of sp³-hybridized carbons (Fsp3) is 0.500. The van der Waals surface area contributed by atoms with Crippen molar-refractivity contribution in [1.29, 1.82) is 0 Å². The van der Waals surface area contributed by atoms with E-state index in [0.717, 1.165) is 24.8 Å². The number of carbonyl (C=O) groups excluding carboxylic acids is 1. The number of carbonyl (C=O) groups is 1. The van der Waals surface area contributed by atoms with Gasteiger partial charge in [-0.2, -0.15) is 0 Å². The highest BCUT2D eigenvalue weighted by Crippen LogP contribution is 2.40. The van der Waals surface area contributed by atoms with E-state index in [2.05, 4.69) is 4.74 Å². The number of ether oxygens (including phenoxy) is 2. The lowest BCUT2D eigenvalue weighted by Crippen LogP contribution is -2.45. The SMILES string of the molecule is COC(=O)CC1(Oc2cc(C)ccc2F)CCC1. The predicted molar refractivity (Wildman–Crippen MR) is 65.0 cm³/mol. The summed E-state index contributed by atoms with van der Waals surface area (Å²) in [4.78, 5) is 11.4. The second-order valence-electron chi connectivity index (χ2n) is 4.83. The van der Waals surface area contributed by atoms with Crippen molar-refractivity contribution in [3.8, 4) is 5.75 Å². The Balaban J connectivity index is 2.15. The smallest absolute Gasteiger partial charge is 0.309 e. The average molecular weight is 252 g/mol.